The van der Waals surface area contributed by atoms with Crippen LogP contribution in [0.3, 0.4) is 0 Å². The number of halogens is 2. The van der Waals surface area contributed by atoms with Crippen LogP contribution >= 0.6 is 0 Å². The molecule has 0 fully saturated rings. The predicted octanol–water partition coefficient (Wildman–Crippen LogP) is 1.72. The molecule has 2 rings (SSSR count). The molecule has 4 nitrogen and oxygen atoms in total. The fourth-order valence-electron chi connectivity index (χ4n) is 1.95. The van der Waals surface area contributed by atoms with Crippen molar-refractivity contribution in [3.63, 3.8) is 0 Å². The molecule has 0 saturated heterocycles. The van der Waals surface area contributed by atoms with Crippen LogP contribution in [0.5, 0.6) is 0 Å². The Hall–Kier alpha value is -1.82. The van der Waals surface area contributed by atoms with Crippen LogP contribution in [0.15, 0.2) is 24.5 Å². The molecular formula is C13H15F2N3O. The third kappa shape index (κ3) is 3.14. The van der Waals surface area contributed by atoms with E-state index in [1.54, 1.807) is 4.68 Å². The van der Waals surface area contributed by atoms with Gasteiger partial charge in [0.1, 0.15) is 12.2 Å². The van der Waals surface area contributed by atoms with E-state index >= 15 is 0 Å². The van der Waals surface area contributed by atoms with Crippen LogP contribution in [0.25, 0.3) is 0 Å². The molecule has 0 aliphatic heterocycles. The molecule has 19 heavy (non-hydrogen) atoms. The molecule has 1 heterocycles. The van der Waals surface area contributed by atoms with Gasteiger partial charge in [0.15, 0.2) is 11.6 Å². The Balaban J connectivity index is 2.05. The number of aliphatic hydroxyl groups is 1. The number of nitrogens with zero attached hydrogens (tertiary/aromatic N) is 3. The van der Waals surface area contributed by atoms with Crippen molar-refractivity contribution in [2.75, 3.05) is 0 Å². The van der Waals surface area contributed by atoms with Gasteiger partial charge in [0, 0.05) is 19.4 Å². The van der Waals surface area contributed by atoms with Gasteiger partial charge in [-0.15, -0.1) is 0 Å². The second kappa shape index (κ2) is 5.88. The summed E-state index contributed by atoms with van der Waals surface area (Å²) in [4.78, 5) is 4.03. The molecular weight excluding hydrogens is 252 g/mol. The maximum Gasteiger partial charge on any atom is 0.162 e. The fourth-order valence-corrected chi connectivity index (χ4v) is 1.95. The number of hydrogen-bond acceptors (Lipinski definition) is 3. The molecule has 1 unspecified atom stereocenters. The Kier molecular flexibility index (Phi) is 4.21. The van der Waals surface area contributed by atoms with Crippen molar-refractivity contribution in [2.24, 2.45) is 0 Å². The SMILES string of the molecule is CCn1ncnc1CC(O)Cc1cccc(F)c1F. The first-order chi connectivity index (χ1) is 9.11. The maximum absolute atomic E-state index is 13.5. The maximum atomic E-state index is 13.5. The van der Waals surface area contributed by atoms with E-state index in [4.69, 9.17) is 0 Å². The summed E-state index contributed by atoms with van der Waals surface area (Å²) in [5.41, 5.74) is 0.162. The van der Waals surface area contributed by atoms with Crippen LogP contribution < -0.4 is 0 Å². The van der Waals surface area contributed by atoms with E-state index in [0.717, 1.165) is 6.07 Å². The van der Waals surface area contributed by atoms with E-state index in [0.29, 0.717) is 12.4 Å². The number of aryl methyl sites for hydroxylation is 1. The average Bonchev–Trinajstić information content (AvgIpc) is 2.82. The van der Waals surface area contributed by atoms with Crippen molar-refractivity contribution in [2.45, 2.75) is 32.4 Å². The zero-order valence-corrected chi connectivity index (χ0v) is 10.6. The van der Waals surface area contributed by atoms with Crippen molar-refractivity contribution in [1.82, 2.24) is 14.8 Å². The lowest BCUT2D eigenvalue weighted by molar-refractivity contribution is 0.169. The lowest BCUT2D eigenvalue weighted by atomic mass is 10.0. The largest absolute Gasteiger partial charge is 0.392 e. The number of hydrogen-bond donors (Lipinski definition) is 1. The van der Waals surface area contributed by atoms with Gasteiger partial charge < -0.3 is 5.11 Å². The Morgan fingerprint density at radius 3 is 2.84 bits per heavy atom. The Labute approximate surface area is 109 Å². The van der Waals surface area contributed by atoms with Gasteiger partial charge in [0.05, 0.1) is 6.10 Å². The zero-order valence-electron chi connectivity index (χ0n) is 10.6. The predicted molar refractivity (Wildman–Crippen MR) is 65.5 cm³/mol. The fraction of sp³-hybridized carbons (Fsp3) is 0.385. The molecule has 1 aromatic carbocycles. The van der Waals surface area contributed by atoms with Crippen LogP contribution in [-0.4, -0.2) is 26.0 Å². The smallest absolute Gasteiger partial charge is 0.162 e. The highest BCUT2D eigenvalue weighted by molar-refractivity contribution is 5.19. The highest BCUT2D eigenvalue weighted by atomic mass is 19.2. The van der Waals surface area contributed by atoms with Gasteiger partial charge in [-0.1, -0.05) is 12.1 Å². The molecule has 102 valence electrons. The summed E-state index contributed by atoms with van der Waals surface area (Å²) < 4.78 is 28.2. The highest BCUT2D eigenvalue weighted by Crippen LogP contribution is 2.14. The second-order valence-corrected chi connectivity index (χ2v) is 4.27. The molecule has 0 bridgehead atoms. The first-order valence-corrected chi connectivity index (χ1v) is 6.09. The third-order valence-electron chi connectivity index (χ3n) is 2.90. The van der Waals surface area contributed by atoms with Crippen LogP contribution in [0, 0.1) is 11.6 Å². The van der Waals surface area contributed by atoms with E-state index in [1.807, 2.05) is 6.92 Å². The molecule has 0 aliphatic carbocycles. The number of aromatic nitrogens is 3. The van der Waals surface area contributed by atoms with Gasteiger partial charge in [-0.05, 0) is 18.6 Å². The molecule has 1 aromatic heterocycles. The normalized spacial score (nSPS) is 12.6. The molecule has 0 spiro atoms. The second-order valence-electron chi connectivity index (χ2n) is 4.27. The van der Waals surface area contributed by atoms with Gasteiger partial charge in [0.25, 0.3) is 0 Å². The molecule has 0 aliphatic rings. The van der Waals surface area contributed by atoms with E-state index < -0.39 is 17.7 Å². The van der Waals surface area contributed by atoms with Crippen LogP contribution in [0.4, 0.5) is 8.78 Å². The van der Waals surface area contributed by atoms with Crippen LogP contribution in [-0.2, 0) is 19.4 Å². The highest BCUT2D eigenvalue weighted by Gasteiger charge is 2.15. The third-order valence-corrected chi connectivity index (χ3v) is 2.90. The number of aliphatic hydroxyl groups excluding tert-OH is 1. The number of benzene rings is 1. The number of rotatable bonds is 5. The minimum atomic E-state index is -0.904. The summed E-state index contributed by atoms with van der Waals surface area (Å²) in [5, 5.41) is 13.9. The summed E-state index contributed by atoms with van der Waals surface area (Å²) in [5.74, 6) is -1.17. The topological polar surface area (TPSA) is 50.9 Å². The summed E-state index contributed by atoms with van der Waals surface area (Å²) in [6, 6.07) is 3.94. The van der Waals surface area contributed by atoms with Gasteiger partial charge in [-0.25, -0.2) is 13.8 Å². The summed E-state index contributed by atoms with van der Waals surface area (Å²) in [6.45, 7) is 2.56. The molecule has 0 radical (unpaired) electrons. The molecule has 1 N–H and O–H groups in total. The van der Waals surface area contributed by atoms with Gasteiger partial charge in [-0.3, -0.25) is 4.68 Å². The summed E-state index contributed by atoms with van der Waals surface area (Å²) in [6.07, 6.45) is 0.879. The molecule has 0 saturated carbocycles. The van der Waals surface area contributed by atoms with Gasteiger partial charge in [0.2, 0.25) is 0 Å². The minimum Gasteiger partial charge on any atom is -0.392 e. The first kappa shape index (κ1) is 13.6. The summed E-state index contributed by atoms with van der Waals surface area (Å²) >= 11 is 0. The van der Waals surface area contributed by atoms with E-state index in [-0.39, 0.29) is 18.4 Å². The minimum absolute atomic E-state index is 0.0418. The lowest BCUT2D eigenvalue weighted by Gasteiger charge is -2.11. The van der Waals surface area contributed by atoms with Gasteiger partial charge >= 0.3 is 0 Å². The van der Waals surface area contributed by atoms with Crippen LogP contribution in [0.2, 0.25) is 0 Å². The standard InChI is InChI=1S/C13H15F2N3O/c1-2-18-12(16-8-17-18)7-10(19)6-9-4-3-5-11(14)13(9)15/h3-5,8,10,19H,2,6-7H2,1H3. The van der Waals surface area contributed by atoms with Crippen molar-refractivity contribution < 1.29 is 13.9 Å². The van der Waals surface area contributed by atoms with E-state index in [9.17, 15) is 13.9 Å². The summed E-state index contributed by atoms with van der Waals surface area (Å²) in [7, 11) is 0. The Morgan fingerprint density at radius 1 is 1.32 bits per heavy atom. The Morgan fingerprint density at radius 2 is 2.11 bits per heavy atom. The average molecular weight is 267 g/mol. The van der Waals surface area contributed by atoms with Crippen molar-refractivity contribution >= 4 is 0 Å². The quantitative estimate of drug-likeness (QED) is 0.897. The lowest BCUT2D eigenvalue weighted by Crippen LogP contribution is -2.18. The molecule has 1 atom stereocenters. The molecule has 0 amide bonds. The van der Waals surface area contributed by atoms with E-state index in [1.165, 1.54) is 18.5 Å². The van der Waals surface area contributed by atoms with Gasteiger partial charge in [-0.2, -0.15) is 5.10 Å². The molecule has 6 heteroatoms. The monoisotopic (exact) mass is 267 g/mol. The molecule has 2 aromatic rings. The zero-order chi connectivity index (χ0) is 13.8. The van der Waals surface area contributed by atoms with Crippen molar-refractivity contribution in [1.29, 1.82) is 0 Å². The first-order valence-electron chi connectivity index (χ1n) is 6.09. The van der Waals surface area contributed by atoms with E-state index in [2.05, 4.69) is 10.1 Å². The van der Waals surface area contributed by atoms with Crippen molar-refractivity contribution in [3.05, 3.63) is 47.5 Å². The van der Waals surface area contributed by atoms with Crippen LogP contribution in [0.1, 0.15) is 18.3 Å². The van der Waals surface area contributed by atoms with Crippen molar-refractivity contribution in [3.8, 4) is 0 Å². The Bertz CT molecular complexity index is 557.